The van der Waals surface area contributed by atoms with Crippen LogP contribution in [-0.2, 0) is 76.0 Å². The molecule has 0 fully saturated rings. The summed E-state index contributed by atoms with van der Waals surface area (Å²) in [7, 11) is -7.20. The van der Waals surface area contributed by atoms with E-state index in [9.17, 15) is 21.6 Å². The molecule has 2 aromatic carbocycles. The van der Waals surface area contributed by atoms with Gasteiger partial charge in [0.05, 0.1) is 9.79 Å². The van der Waals surface area contributed by atoms with E-state index in [1.54, 1.807) is 0 Å². The summed E-state index contributed by atoms with van der Waals surface area (Å²) in [5, 5.41) is 16.4. The van der Waals surface area contributed by atoms with Crippen molar-refractivity contribution in [2.24, 2.45) is 5.14 Å². The maximum absolute atomic E-state index is 12.5. The van der Waals surface area contributed by atoms with Crippen LogP contribution in [0.5, 0.6) is 5.75 Å². The first-order chi connectivity index (χ1) is 24.0. The number of carbonyl (C=O) groups excluding carboxylic acids is 1. The standard InChI is InChI=1S/C19H20N2O3S.C13H13NO.C5H6N2O2S/c22-18(12-25(23,24)15-7-9-20-10-8-15)21-19-16-5-1-3-13(16)11-14-4-2-6-17(14)19;14-8-15-13-11-5-1-3-9(11)7-10-4-2-6-12(10)13;6-10(8,9)5-1-3-7-4-2-5/h7-11H,1-6,12H2,(H,21,22);7H,1-6H2;1-4H,(H2,6,8,9). The van der Waals surface area contributed by atoms with Gasteiger partial charge in [0.2, 0.25) is 15.9 Å². The lowest BCUT2D eigenvalue weighted by molar-refractivity contribution is -0.113. The Hall–Kier alpha value is -4.64. The zero-order valence-corrected chi connectivity index (χ0v) is 29.3. The number of aryl methyl sites for hydroxylation is 4. The number of pyridine rings is 2. The van der Waals surface area contributed by atoms with E-state index in [1.165, 1.54) is 106 Å². The molecule has 0 radical (unpaired) electrons. The lowest BCUT2D eigenvalue weighted by atomic mass is 9.98. The van der Waals surface area contributed by atoms with Gasteiger partial charge in [0.25, 0.3) is 6.26 Å². The first kappa shape index (κ1) is 35.2. The van der Waals surface area contributed by atoms with Crippen molar-refractivity contribution in [2.45, 2.75) is 86.8 Å². The maximum Gasteiger partial charge on any atom is 0.292 e. The van der Waals surface area contributed by atoms with Gasteiger partial charge in [-0.3, -0.25) is 14.8 Å². The molecule has 8 rings (SSSR count). The fraction of sp³-hybridized carbons (Fsp3) is 0.351. The van der Waals surface area contributed by atoms with E-state index in [0.717, 1.165) is 75.6 Å². The van der Waals surface area contributed by atoms with Gasteiger partial charge in [-0.2, -0.15) is 0 Å². The van der Waals surface area contributed by atoms with Crippen molar-refractivity contribution < 1.29 is 26.4 Å². The number of rotatable bonds is 6. The third kappa shape index (κ3) is 7.88. The number of nitriles is 1. The molecular formula is C37H39N5O6S2. The fourth-order valence-electron chi connectivity index (χ4n) is 7.40. The van der Waals surface area contributed by atoms with Crippen molar-refractivity contribution >= 4 is 31.5 Å². The Bertz CT molecular complexity index is 2100. The molecular weight excluding hydrogens is 675 g/mol. The molecule has 0 spiro atoms. The van der Waals surface area contributed by atoms with Crippen LogP contribution in [0.15, 0.2) is 71.0 Å². The third-order valence-corrected chi connectivity index (χ3v) is 12.2. The Balaban J connectivity index is 0.000000146. The number of primary sulfonamides is 1. The highest BCUT2D eigenvalue weighted by molar-refractivity contribution is 7.92. The number of amides is 1. The van der Waals surface area contributed by atoms with E-state index in [4.69, 9.17) is 15.1 Å². The van der Waals surface area contributed by atoms with Crippen LogP contribution in [0.3, 0.4) is 0 Å². The van der Waals surface area contributed by atoms with Crippen molar-refractivity contribution in [3.05, 3.63) is 106 Å². The highest BCUT2D eigenvalue weighted by Crippen LogP contribution is 2.40. The number of benzene rings is 2. The highest BCUT2D eigenvalue weighted by atomic mass is 32.2. The van der Waals surface area contributed by atoms with E-state index < -0.39 is 31.5 Å². The average molecular weight is 714 g/mol. The number of fused-ring (bicyclic) bond motifs is 4. The van der Waals surface area contributed by atoms with Gasteiger partial charge >= 0.3 is 0 Å². The number of sulfonamides is 1. The number of ether oxygens (including phenoxy) is 1. The predicted molar refractivity (Wildman–Crippen MR) is 188 cm³/mol. The number of anilines is 1. The molecule has 4 aliphatic rings. The monoisotopic (exact) mass is 713 g/mol. The molecule has 0 bridgehead atoms. The summed E-state index contributed by atoms with van der Waals surface area (Å²) < 4.78 is 51.2. The minimum Gasteiger partial charge on any atom is -0.387 e. The number of sulfone groups is 1. The SMILES string of the molecule is N#COc1c2c(cc3c1CCC3)CCC2.NS(=O)(=O)c1ccncc1.O=C(CS(=O)(=O)c1ccncc1)Nc1c2c(cc3c1CCC3)CCC2. The van der Waals surface area contributed by atoms with E-state index in [-0.39, 0.29) is 9.79 Å². The number of carbonyl (C=O) groups is 1. The van der Waals surface area contributed by atoms with Crippen LogP contribution in [-0.4, -0.2) is 38.5 Å². The number of nitrogens with zero attached hydrogens (tertiary/aromatic N) is 3. The normalized spacial score (nSPS) is 15.2. The topological polar surface area (TPSA) is 182 Å². The highest BCUT2D eigenvalue weighted by Gasteiger charge is 2.27. The molecule has 4 aromatic rings. The largest absolute Gasteiger partial charge is 0.387 e. The molecule has 4 aliphatic carbocycles. The fourth-order valence-corrected chi connectivity index (χ4v) is 9.03. The molecule has 0 aliphatic heterocycles. The van der Waals surface area contributed by atoms with Gasteiger partial charge in [-0.25, -0.2) is 22.0 Å². The van der Waals surface area contributed by atoms with E-state index in [1.807, 2.05) is 6.26 Å². The number of hydrogen-bond acceptors (Lipinski definition) is 9. The molecule has 2 heterocycles. The van der Waals surface area contributed by atoms with Crippen LogP contribution < -0.4 is 15.2 Å². The summed E-state index contributed by atoms with van der Waals surface area (Å²) in [6.45, 7) is 0. The number of nitrogens with two attached hydrogens (primary N) is 1. The molecule has 11 nitrogen and oxygen atoms in total. The third-order valence-electron chi connectivity index (χ3n) is 9.61. The average Bonchev–Trinajstić information content (AvgIpc) is 3.93. The van der Waals surface area contributed by atoms with Gasteiger partial charge in [-0.05, 0) is 146 Å². The number of nitrogens with one attached hydrogen (secondary N) is 1. The molecule has 1 amide bonds. The molecule has 13 heteroatoms. The molecule has 0 unspecified atom stereocenters. The van der Waals surface area contributed by atoms with Gasteiger partial charge in [-0.1, -0.05) is 12.1 Å². The van der Waals surface area contributed by atoms with Gasteiger partial charge in [-0.15, -0.1) is 5.26 Å². The van der Waals surface area contributed by atoms with Gasteiger partial charge in [0.1, 0.15) is 11.5 Å². The summed E-state index contributed by atoms with van der Waals surface area (Å²) >= 11 is 0. The molecule has 0 saturated heterocycles. The van der Waals surface area contributed by atoms with Crippen LogP contribution in [0, 0.1) is 11.5 Å². The molecule has 0 saturated carbocycles. The zero-order chi connectivity index (χ0) is 35.3. The number of hydrogen-bond donors (Lipinski definition) is 2. The van der Waals surface area contributed by atoms with Gasteiger partial charge < -0.3 is 10.1 Å². The Morgan fingerprint density at radius 1 is 0.700 bits per heavy atom. The van der Waals surface area contributed by atoms with Crippen molar-refractivity contribution in [1.82, 2.24) is 9.97 Å². The summed E-state index contributed by atoms with van der Waals surface area (Å²) in [6, 6.07) is 10.1. The van der Waals surface area contributed by atoms with E-state index in [0.29, 0.717) is 0 Å². The lowest BCUT2D eigenvalue weighted by Gasteiger charge is -2.16. The summed E-state index contributed by atoms with van der Waals surface area (Å²) in [5.41, 5.74) is 11.4. The second kappa shape index (κ2) is 15.1. The minimum atomic E-state index is -3.66. The van der Waals surface area contributed by atoms with Crippen LogP contribution in [0.4, 0.5) is 5.69 Å². The number of aromatic nitrogens is 2. The van der Waals surface area contributed by atoms with Crippen molar-refractivity contribution in [2.75, 3.05) is 11.1 Å². The Kier molecular flexibility index (Phi) is 10.6. The predicted octanol–water partition coefficient (Wildman–Crippen LogP) is 4.72. The van der Waals surface area contributed by atoms with E-state index in [2.05, 4.69) is 27.4 Å². The van der Waals surface area contributed by atoms with Crippen LogP contribution in [0.2, 0.25) is 0 Å². The lowest BCUT2D eigenvalue weighted by Crippen LogP contribution is -2.24. The molecule has 2 aromatic heterocycles. The Morgan fingerprint density at radius 2 is 1.12 bits per heavy atom. The molecule has 3 N–H and O–H groups in total. The van der Waals surface area contributed by atoms with Crippen molar-refractivity contribution in [3.63, 3.8) is 0 Å². The molecule has 0 atom stereocenters. The Labute approximate surface area is 292 Å². The molecule has 260 valence electrons. The second-order valence-electron chi connectivity index (χ2n) is 12.8. The minimum absolute atomic E-state index is 0.0856. The summed E-state index contributed by atoms with van der Waals surface area (Å²) in [4.78, 5) is 20.2. The quantitative estimate of drug-likeness (QED) is 0.267. The molecule has 50 heavy (non-hydrogen) atoms. The van der Waals surface area contributed by atoms with E-state index >= 15 is 0 Å². The zero-order valence-electron chi connectivity index (χ0n) is 27.7. The van der Waals surface area contributed by atoms with Crippen molar-refractivity contribution in [1.29, 1.82) is 5.26 Å². The van der Waals surface area contributed by atoms with Gasteiger partial charge in [0.15, 0.2) is 9.84 Å². The van der Waals surface area contributed by atoms with Crippen LogP contribution in [0.25, 0.3) is 0 Å². The summed E-state index contributed by atoms with van der Waals surface area (Å²) in [6.07, 6.45) is 20.5. The first-order valence-corrected chi connectivity index (χ1v) is 20.0. The van der Waals surface area contributed by atoms with Crippen LogP contribution >= 0.6 is 0 Å². The summed E-state index contributed by atoms with van der Waals surface area (Å²) in [5.74, 6) is -0.110. The van der Waals surface area contributed by atoms with Gasteiger partial charge in [0, 0.05) is 30.5 Å². The first-order valence-electron chi connectivity index (χ1n) is 16.8. The smallest absolute Gasteiger partial charge is 0.292 e. The maximum atomic E-state index is 12.5. The van der Waals surface area contributed by atoms with Crippen molar-refractivity contribution in [3.8, 4) is 12.0 Å². The van der Waals surface area contributed by atoms with Crippen LogP contribution in [0.1, 0.15) is 70.2 Å². The second-order valence-corrected chi connectivity index (χ2v) is 16.4. The Morgan fingerprint density at radius 3 is 1.54 bits per heavy atom.